The Hall–Kier alpha value is -1.68. The third-order valence-corrected chi connectivity index (χ3v) is 3.89. The zero-order valence-corrected chi connectivity index (χ0v) is 12.2. The molecule has 0 heterocycles. The molecule has 1 aliphatic rings. The largest absolute Gasteiger partial charge is 0.489 e. The van der Waals surface area contributed by atoms with E-state index in [1.165, 1.54) is 6.07 Å². The van der Waals surface area contributed by atoms with Gasteiger partial charge in [-0.2, -0.15) is 0 Å². The molecule has 0 spiro atoms. The molecule has 2 aromatic carbocycles. The van der Waals surface area contributed by atoms with Crippen LogP contribution < -0.4 is 4.74 Å². The van der Waals surface area contributed by atoms with Crippen LogP contribution >= 0.6 is 15.9 Å². The Bertz CT molecular complexity index is 682. The van der Waals surface area contributed by atoms with Crippen LogP contribution in [0.5, 0.6) is 5.75 Å². The molecule has 0 radical (unpaired) electrons. The summed E-state index contributed by atoms with van der Waals surface area (Å²) in [5.41, 5.74) is 2.30. The minimum Gasteiger partial charge on any atom is -0.489 e. The van der Waals surface area contributed by atoms with Gasteiger partial charge in [-0.05, 0) is 48.4 Å². The number of hydrogen-bond acceptors (Lipinski definition) is 2. The minimum atomic E-state index is -0.287. The van der Waals surface area contributed by atoms with Crippen LogP contribution in [-0.4, -0.2) is 5.78 Å². The number of benzene rings is 2. The Balaban J connectivity index is 1.76. The Morgan fingerprint density at radius 1 is 1.15 bits per heavy atom. The van der Waals surface area contributed by atoms with Gasteiger partial charge in [-0.25, -0.2) is 4.39 Å². The van der Waals surface area contributed by atoms with Crippen molar-refractivity contribution < 1.29 is 13.9 Å². The summed E-state index contributed by atoms with van der Waals surface area (Å²) >= 11 is 3.31. The van der Waals surface area contributed by atoms with Crippen LogP contribution in [0, 0.1) is 5.82 Å². The maximum absolute atomic E-state index is 13.6. The van der Waals surface area contributed by atoms with Crippen molar-refractivity contribution in [1.82, 2.24) is 0 Å². The summed E-state index contributed by atoms with van der Waals surface area (Å²) in [5.74, 6) is 0.562. The Labute approximate surface area is 124 Å². The van der Waals surface area contributed by atoms with Crippen LogP contribution in [0.1, 0.15) is 27.9 Å². The zero-order chi connectivity index (χ0) is 14.1. The van der Waals surface area contributed by atoms with Gasteiger partial charge in [0.1, 0.15) is 18.2 Å². The summed E-state index contributed by atoms with van der Waals surface area (Å²) in [6.45, 7) is 0.165. The predicted octanol–water partition coefficient (Wildman–Crippen LogP) is 4.30. The number of carbonyl (C=O) groups is 1. The number of fused-ring (bicyclic) bond motifs is 1. The van der Waals surface area contributed by atoms with Gasteiger partial charge < -0.3 is 4.74 Å². The number of halogens is 2. The summed E-state index contributed by atoms with van der Waals surface area (Å²) in [6.07, 6.45) is 1.33. The number of Topliss-reactive ketones (excluding diaryl/α,β-unsaturated/α-hetero) is 1. The topological polar surface area (TPSA) is 26.3 Å². The van der Waals surface area contributed by atoms with E-state index in [9.17, 15) is 9.18 Å². The van der Waals surface area contributed by atoms with Crippen LogP contribution in [0.3, 0.4) is 0 Å². The molecule has 0 amide bonds. The van der Waals surface area contributed by atoms with Gasteiger partial charge in [0, 0.05) is 22.0 Å². The molecule has 102 valence electrons. The average Bonchev–Trinajstić information content (AvgIpc) is 2.81. The van der Waals surface area contributed by atoms with Gasteiger partial charge in [-0.15, -0.1) is 0 Å². The van der Waals surface area contributed by atoms with E-state index < -0.39 is 0 Å². The number of rotatable bonds is 3. The van der Waals surface area contributed by atoms with E-state index >= 15 is 0 Å². The normalized spacial score (nSPS) is 13.4. The van der Waals surface area contributed by atoms with Crippen molar-refractivity contribution in [3.63, 3.8) is 0 Å². The lowest BCUT2D eigenvalue weighted by atomic mass is 10.1. The number of ketones is 1. The molecule has 0 saturated heterocycles. The zero-order valence-electron chi connectivity index (χ0n) is 10.7. The molecular weight excluding hydrogens is 323 g/mol. The summed E-state index contributed by atoms with van der Waals surface area (Å²) in [5, 5.41) is 0. The van der Waals surface area contributed by atoms with Crippen LogP contribution in [0.2, 0.25) is 0 Å². The standard InChI is InChI=1S/C16H12BrFO2/c17-12-2-5-15(18)11(7-12)9-20-13-3-4-14-10(8-13)1-6-16(14)19/h2-5,7-8H,1,6,9H2. The van der Waals surface area contributed by atoms with Crippen molar-refractivity contribution in [2.45, 2.75) is 19.4 Å². The fourth-order valence-electron chi connectivity index (χ4n) is 2.34. The van der Waals surface area contributed by atoms with Crippen LogP contribution in [0.15, 0.2) is 40.9 Å². The molecule has 3 rings (SSSR count). The maximum atomic E-state index is 13.6. The third kappa shape index (κ3) is 2.61. The van der Waals surface area contributed by atoms with Gasteiger partial charge in [0.25, 0.3) is 0 Å². The van der Waals surface area contributed by atoms with Crippen molar-refractivity contribution in [2.24, 2.45) is 0 Å². The van der Waals surface area contributed by atoms with Crippen molar-refractivity contribution in [3.8, 4) is 5.75 Å². The molecule has 1 aliphatic carbocycles. The molecule has 4 heteroatoms. The lowest BCUT2D eigenvalue weighted by molar-refractivity contribution is 0.0994. The van der Waals surface area contributed by atoms with Crippen LogP contribution in [0.25, 0.3) is 0 Å². The molecule has 0 atom stereocenters. The molecule has 0 bridgehead atoms. The van der Waals surface area contributed by atoms with E-state index in [-0.39, 0.29) is 18.2 Å². The lowest BCUT2D eigenvalue weighted by Gasteiger charge is -2.09. The second-order valence-electron chi connectivity index (χ2n) is 4.77. The highest BCUT2D eigenvalue weighted by Gasteiger charge is 2.19. The fraction of sp³-hybridized carbons (Fsp3) is 0.188. The second-order valence-corrected chi connectivity index (χ2v) is 5.68. The number of aryl methyl sites for hydroxylation is 1. The van der Waals surface area contributed by atoms with Crippen LogP contribution in [-0.2, 0) is 13.0 Å². The molecule has 0 fully saturated rings. The van der Waals surface area contributed by atoms with Gasteiger partial charge in [-0.1, -0.05) is 15.9 Å². The molecule has 0 saturated carbocycles. The van der Waals surface area contributed by atoms with E-state index in [1.807, 2.05) is 6.07 Å². The first-order chi connectivity index (χ1) is 9.63. The van der Waals surface area contributed by atoms with Crippen molar-refractivity contribution >= 4 is 21.7 Å². The molecule has 20 heavy (non-hydrogen) atoms. The van der Waals surface area contributed by atoms with Crippen LogP contribution in [0.4, 0.5) is 4.39 Å². The number of hydrogen-bond donors (Lipinski definition) is 0. The summed E-state index contributed by atoms with van der Waals surface area (Å²) in [4.78, 5) is 11.5. The van der Waals surface area contributed by atoms with Crippen molar-refractivity contribution in [2.75, 3.05) is 0 Å². The molecular formula is C16H12BrFO2. The first kappa shape index (κ1) is 13.3. The molecule has 2 nitrogen and oxygen atoms in total. The van der Waals surface area contributed by atoms with E-state index in [0.29, 0.717) is 17.7 Å². The van der Waals surface area contributed by atoms with Gasteiger partial charge in [-0.3, -0.25) is 4.79 Å². The van der Waals surface area contributed by atoms with E-state index in [4.69, 9.17) is 4.74 Å². The van der Waals surface area contributed by atoms with E-state index in [2.05, 4.69) is 15.9 Å². The summed E-state index contributed by atoms with van der Waals surface area (Å²) < 4.78 is 20.0. The fourth-order valence-corrected chi connectivity index (χ4v) is 2.75. The maximum Gasteiger partial charge on any atom is 0.163 e. The first-order valence-corrected chi connectivity index (χ1v) is 7.15. The third-order valence-electron chi connectivity index (χ3n) is 3.40. The molecule has 2 aromatic rings. The van der Waals surface area contributed by atoms with E-state index in [0.717, 1.165) is 22.0 Å². The average molecular weight is 335 g/mol. The Morgan fingerprint density at radius 3 is 2.85 bits per heavy atom. The Morgan fingerprint density at radius 2 is 2.00 bits per heavy atom. The molecule has 0 N–H and O–H groups in total. The van der Waals surface area contributed by atoms with Gasteiger partial charge in [0.2, 0.25) is 0 Å². The lowest BCUT2D eigenvalue weighted by Crippen LogP contribution is -1.99. The second kappa shape index (κ2) is 5.37. The Kier molecular flexibility index (Phi) is 3.57. The molecule has 0 unspecified atom stereocenters. The van der Waals surface area contributed by atoms with Gasteiger partial charge >= 0.3 is 0 Å². The smallest absolute Gasteiger partial charge is 0.163 e. The molecule has 0 aliphatic heterocycles. The van der Waals surface area contributed by atoms with Crippen molar-refractivity contribution in [3.05, 3.63) is 63.4 Å². The summed E-state index contributed by atoms with van der Waals surface area (Å²) in [7, 11) is 0. The highest BCUT2D eigenvalue weighted by atomic mass is 79.9. The minimum absolute atomic E-state index is 0.165. The monoisotopic (exact) mass is 334 g/mol. The number of carbonyl (C=O) groups excluding carboxylic acids is 1. The van der Waals surface area contributed by atoms with Gasteiger partial charge in [0.05, 0.1) is 0 Å². The highest BCUT2D eigenvalue weighted by molar-refractivity contribution is 9.10. The van der Waals surface area contributed by atoms with Gasteiger partial charge in [0.15, 0.2) is 5.78 Å². The van der Waals surface area contributed by atoms with Crippen molar-refractivity contribution in [1.29, 1.82) is 0 Å². The first-order valence-electron chi connectivity index (χ1n) is 6.36. The summed E-state index contributed by atoms with van der Waals surface area (Å²) in [6, 6.07) is 10.2. The quantitative estimate of drug-likeness (QED) is 0.836. The molecule has 0 aromatic heterocycles. The highest BCUT2D eigenvalue weighted by Crippen LogP contribution is 2.27. The number of ether oxygens (including phenoxy) is 1. The predicted molar refractivity (Wildman–Crippen MR) is 77.5 cm³/mol. The van der Waals surface area contributed by atoms with E-state index in [1.54, 1.807) is 24.3 Å². The SMILES string of the molecule is O=C1CCc2cc(OCc3cc(Br)ccc3F)ccc21.